The van der Waals surface area contributed by atoms with Gasteiger partial charge in [-0.15, -0.1) is 0 Å². The molecule has 3 rings (SSSR count). The summed E-state index contributed by atoms with van der Waals surface area (Å²) in [6.07, 6.45) is 4.28. The highest BCUT2D eigenvalue weighted by Gasteiger charge is 2.18. The van der Waals surface area contributed by atoms with Crippen molar-refractivity contribution in [1.29, 1.82) is 0 Å². The van der Waals surface area contributed by atoms with Gasteiger partial charge in [0.25, 0.3) is 15.9 Å². The van der Waals surface area contributed by atoms with Crippen molar-refractivity contribution in [3.05, 3.63) is 47.5 Å². The lowest BCUT2D eigenvalue weighted by atomic mass is 10.2. The van der Waals surface area contributed by atoms with Crippen molar-refractivity contribution in [2.75, 3.05) is 18.4 Å². The second kappa shape index (κ2) is 9.37. The molecule has 1 fully saturated rings. The Hall–Kier alpha value is -2.45. The Bertz CT molecular complexity index is 957. The molecule has 1 saturated carbocycles. The minimum Gasteiger partial charge on any atom is -0.495 e. The third kappa shape index (κ3) is 5.77. The zero-order valence-electron chi connectivity index (χ0n) is 16.0. The first kappa shape index (κ1) is 21.3. The van der Waals surface area contributed by atoms with Gasteiger partial charge in [-0.25, -0.2) is 8.42 Å². The first-order chi connectivity index (χ1) is 13.9. The molecule has 2 aromatic rings. The standard InChI is InChI=1S/C20H23ClN2O5S/c1-27-19-11-6-15(12-18(19)21)23-29(25,26)17-9-7-16(8-10-17)28-13-20(24)22-14-4-2-3-5-14/h6-12,14,23H,2-5,13H2,1H3,(H,22,24). The maximum Gasteiger partial charge on any atom is 0.261 e. The third-order valence-electron chi connectivity index (χ3n) is 4.63. The molecule has 29 heavy (non-hydrogen) atoms. The van der Waals surface area contributed by atoms with Crippen LogP contribution in [-0.2, 0) is 14.8 Å². The zero-order valence-corrected chi connectivity index (χ0v) is 17.6. The van der Waals surface area contributed by atoms with E-state index in [0.717, 1.165) is 25.7 Å². The lowest BCUT2D eigenvalue weighted by Gasteiger charge is -2.13. The van der Waals surface area contributed by atoms with E-state index < -0.39 is 10.0 Å². The fourth-order valence-corrected chi connectivity index (χ4v) is 4.45. The van der Waals surface area contributed by atoms with Gasteiger partial charge in [0.15, 0.2) is 6.61 Å². The van der Waals surface area contributed by atoms with Crippen LogP contribution in [0.5, 0.6) is 11.5 Å². The molecule has 0 radical (unpaired) electrons. The number of ether oxygens (including phenoxy) is 2. The number of hydrogen-bond acceptors (Lipinski definition) is 5. The maximum absolute atomic E-state index is 12.5. The summed E-state index contributed by atoms with van der Waals surface area (Å²) >= 11 is 6.03. The van der Waals surface area contributed by atoms with E-state index in [1.807, 2.05) is 0 Å². The van der Waals surface area contributed by atoms with Gasteiger partial charge in [-0.1, -0.05) is 24.4 Å². The Kier molecular flexibility index (Phi) is 6.87. The number of benzene rings is 2. The fraction of sp³-hybridized carbons (Fsp3) is 0.350. The number of sulfonamides is 1. The first-order valence-corrected chi connectivity index (χ1v) is 11.1. The largest absolute Gasteiger partial charge is 0.495 e. The molecule has 0 unspecified atom stereocenters. The molecule has 1 aliphatic carbocycles. The molecule has 9 heteroatoms. The molecule has 156 valence electrons. The van der Waals surface area contributed by atoms with E-state index in [9.17, 15) is 13.2 Å². The van der Waals surface area contributed by atoms with Crippen molar-refractivity contribution in [3.63, 3.8) is 0 Å². The molecule has 1 aliphatic rings. The van der Waals surface area contributed by atoms with Gasteiger partial charge in [-0.05, 0) is 55.3 Å². The molecule has 0 bridgehead atoms. The summed E-state index contributed by atoms with van der Waals surface area (Å²) < 4.78 is 38.1. The van der Waals surface area contributed by atoms with Crippen molar-refractivity contribution < 1.29 is 22.7 Å². The Morgan fingerprint density at radius 3 is 2.45 bits per heavy atom. The van der Waals surface area contributed by atoms with Gasteiger partial charge in [0.1, 0.15) is 11.5 Å². The Morgan fingerprint density at radius 1 is 1.14 bits per heavy atom. The molecule has 7 nitrogen and oxygen atoms in total. The maximum atomic E-state index is 12.5. The number of halogens is 1. The molecule has 0 spiro atoms. The van der Waals surface area contributed by atoms with Gasteiger partial charge in [-0.2, -0.15) is 0 Å². The number of amides is 1. The predicted octanol–water partition coefficient (Wildman–Crippen LogP) is 3.59. The van der Waals surface area contributed by atoms with Gasteiger partial charge in [0.05, 0.1) is 22.7 Å². The lowest BCUT2D eigenvalue weighted by Crippen LogP contribution is -2.36. The van der Waals surface area contributed by atoms with Crippen LogP contribution in [0.4, 0.5) is 5.69 Å². The number of carbonyl (C=O) groups excluding carboxylic acids is 1. The number of hydrogen-bond donors (Lipinski definition) is 2. The van der Waals surface area contributed by atoms with Crippen LogP contribution in [0.1, 0.15) is 25.7 Å². The van der Waals surface area contributed by atoms with E-state index in [-0.39, 0.29) is 23.5 Å². The fourth-order valence-electron chi connectivity index (χ4n) is 3.15. The van der Waals surface area contributed by atoms with E-state index in [0.29, 0.717) is 22.2 Å². The van der Waals surface area contributed by atoms with Gasteiger partial charge in [0, 0.05) is 6.04 Å². The van der Waals surface area contributed by atoms with Gasteiger partial charge in [0.2, 0.25) is 0 Å². The van der Waals surface area contributed by atoms with Crippen LogP contribution >= 0.6 is 11.6 Å². The van der Waals surface area contributed by atoms with E-state index in [4.69, 9.17) is 21.1 Å². The molecule has 2 aromatic carbocycles. The predicted molar refractivity (Wildman–Crippen MR) is 111 cm³/mol. The van der Waals surface area contributed by atoms with Crippen molar-refractivity contribution in [2.45, 2.75) is 36.6 Å². The summed E-state index contributed by atoms with van der Waals surface area (Å²) in [6, 6.07) is 10.7. The second-order valence-corrected chi connectivity index (χ2v) is 8.85. The van der Waals surface area contributed by atoms with Crippen LogP contribution < -0.4 is 19.5 Å². The average Bonchev–Trinajstić information content (AvgIpc) is 3.19. The molecular formula is C20H23ClN2O5S. The van der Waals surface area contributed by atoms with Crippen LogP contribution in [0.2, 0.25) is 5.02 Å². The number of anilines is 1. The van der Waals surface area contributed by atoms with Crippen molar-refractivity contribution in [1.82, 2.24) is 5.32 Å². The van der Waals surface area contributed by atoms with Crippen molar-refractivity contribution >= 4 is 33.2 Å². The Balaban J connectivity index is 1.58. The molecule has 0 heterocycles. The second-order valence-electron chi connectivity index (χ2n) is 6.76. The van der Waals surface area contributed by atoms with Gasteiger partial charge >= 0.3 is 0 Å². The lowest BCUT2D eigenvalue weighted by molar-refractivity contribution is -0.123. The Morgan fingerprint density at radius 2 is 1.83 bits per heavy atom. The van der Waals surface area contributed by atoms with E-state index in [1.165, 1.54) is 37.4 Å². The molecular weight excluding hydrogens is 416 g/mol. The SMILES string of the molecule is COc1ccc(NS(=O)(=O)c2ccc(OCC(=O)NC3CCCC3)cc2)cc1Cl. The quantitative estimate of drug-likeness (QED) is 0.656. The molecule has 0 atom stereocenters. The molecule has 0 aromatic heterocycles. The number of nitrogens with one attached hydrogen (secondary N) is 2. The number of carbonyl (C=O) groups is 1. The topological polar surface area (TPSA) is 93.7 Å². The summed E-state index contributed by atoms with van der Waals surface area (Å²) in [5, 5.41) is 3.23. The third-order valence-corrected chi connectivity index (χ3v) is 6.32. The van der Waals surface area contributed by atoms with E-state index in [2.05, 4.69) is 10.0 Å². The van der Waals surface area contributed by atoms with Crippen LogP contribution in [0.15, 0.2) is 47.4 Å². The molecule has 1 amide bonds. The highest BCUT2D eigenvalue weighted by molar-refractivity contribution is 7.92. The van der Waals surface area contributed by atoms with Crippen LogP contribution in [0.25, 0.3) is 0 Å². The minimum atomic E-state index is -3.80. The Labute approximate surface area is 175 Å². The smallest absolute Gasteiger partial charge is 0.261 e. The minimum absolute atomic E-state index is 0.0622. The first-order valence-electron chi connectivity index (χ1n) is 9.26. The monoisotopic (exact) mass is 438 g/mol. The number of rotatable bonds is 8. The van der Waals surface area contributed by atoms with Crippen LogP contribution in [0, 0.1) is 0 Å². The highest BCUT2D eigenvalue weighted by atomic mass is 35.5. The summed E-state index contributed by atoms with van der Waals surface area (Å²) in [5.74, 6) is 0.692. The van der Waals surface area contributed by atoms with E-state index >= 15 is 0 Å². The average molecular weight is 439 g/mol. The van der Waals surface area contributed by atoms with Crippen LogP contribution in [-0.4, -0.2) is 34.1 Å². The molecule has 0 saturated heterocycles. The molecule has 2 N–H and O–H groups in total. The summed E-state index contributed by atoms with van der Waals surface area (Å²) in [4.78, 5) is 12.0. The molecule has 0 aliphatic heterocycles. The van der Waals surface area contributed by atoms with Crippen molar-refractivity contribution in [2.24, 2.45) is 0 Å². The van der Waals surface area contributed by atoms with Gasteiger partial charge < -0.3 is 14.8 Å². The van der Waals surface area contributed by atoms with E-state index in [1.54, 1.807) is 12.1 Å². The summed E-state index contributed by atoms with van der Waals surface area (Å²) in [7, 11) is -2.32. The van der Waals surface area contributed by atoms with Crippen molar-refractivity contribution in [3.8, 4) is 11.5 Å². The number of methoxy groups -OCH3 is 1. The normalized spacial score (nSPS) is 14.4. The zero-order chi connectivity index (χ0) is 20.9. The summed E-state index contributed by atoms with van der Waals surface area (Å²) in [6.45, 7) is -0.106. The van der Waals surface area contributed by atoms with Gasteiger partial charge in [-0.3, -0.25) is 9.52 Å². The van der Waals surface area contributed by atoms with Crippen LogP contribution in [0.3, 0.4) is 0 Å². The summed E-state index contributed by atoms with van der Waals surface area (Å²) in [5.41, 5.74) is 0.319. The highest BCUT2D eigenvalue weighted by Crippen LogP contribution is 2.28.